The molecule has 0 aliphatic heterocycles. The van der Waals surface area contributed by atoms with E-state index in [9.17, 15) is 0 Å². The zero-order valence-corrected chi connectivity index (χ0v) is 9.96. The average molecular weight is 253 g/mol. The summed E-state index contributed by atoms with van der Waals surface area (Å²) in [6, 6.07) is 9.66. The number of aromatic nitrogens is 6. The molecule has 0 aliphatic rings. The Balaban J connectivity index is 0.000000186. The zero-order chi connectivity index (χ0) is 13.3. The predicted molar refractivity (Wildman–Crippen MR) is 69.5 cm³/mol. The molecule has 0 amide bonds. The monoisotopic (exact) mass is 253 g/mol. The van der Waals surface area contributed by atoms with Gasteiger partial charge in [0.05, 0.1) is 11.9 Å². The fraction of sp³-hybridized carbons (Fsp3) is 0. The van der Waals surface area contributed by atoms with Crippen LogP contribution < -0.4 is 5.73 Å². The van der Waals surface area contributed by atoms with E-state index >= 15 is 0 Å². The predicted octanol–water partition coefficient (Wildman–Crippen LogP) is 0.992. The maximum atomic E-state index is 5.69. The van der Waals surface area contributed by atoms with Gasteiger partial charge in [-0.15, -0.1) is 10.2 Å². The van der Waals surface area contributed by atoms with Crippen LogP contribution >= 0.6 is 0 Å². The molecular weight excluding hydrogens is 242 g/mol. The molecule has 7 nitrogen and oxygen atoms in total. The van der Waals surface area contributed by atoms with Gasteiger partial charge >= 0.3 is 0 Å². The first-order chi connectivity index (χ1) is 9.38. The molecule has 94 valence electrons. The highest BCUT2D eigenvalue weighted by atomic mass is 15.3. The van der Waals surface area contributed by atoms with Crippen molar-refractivity contribution in [3.8, 4) is 11.3 Å². The molecule has 0 atom stereocenters. The van der Waals surface area contributed by atoms with Crippen molar-refractivity contribution in [2.75, 3.05) is 5.73 Å². The van der Waals surface area contributed by atoms with E-state index in [0.717, 1.165) is 5.56 Å². The van der Waals surface area contributed by atoms with Crippen molar-refractivity contribution in [2.24, 2.45) is 0 Å². The van der Waals surface area contributed by atoms with E-state index in [1.165, 1.54) is 25.2 Å². The third-order valence-corrected chi connectivity index (χ3v) is 2.11. The summed E-state index contributed by atoms with van der Waals surface area (Å²) in [4.78, 5) is 10.7. The van der Waals surface area contributed by atoms with Crippen LogP contribution in [-0.4, -0.2) is 30.4 Å². The maximum absolute atomic E-state index is 5.69. The number of nitrogen functional groups attached to an aromatic ring is 1. The third-order valence-electron chi connectivity index (χ3n) is 2.11. The standard InChI is InChI=1S/C9H8N4.C3H3N3/c10-8-6-11-13-12-9(8)7-4-2-1-3-5-7;1-4-2-6-3-5-1/h1-6H,(H2,10,13);1-3H. The van der Waals surface area contributed by atoms with Gasteiger partial charge in [0.1, 0.15) is 24.7 Å². The van der Waals surface area contributed by atoms with Crippen molar-refractivity contribution in [3.63, 3.8) is 0 Å². The highest BCUT2D eigenvalue weighted by molar-refractivity contribution is 5.70. The molecule has 1 aromatic carbocycles. The van der Waals surface area contributed by atoms with E-state index in [1.807, 2.05) is 30.3 Å². The number of nitrogens with zero attached hydrogens (tertiary/aromatic N) is 6. The van der Waals surface area contributed by atoms with Crippen LogP contribution in [0.15, 0.2) is 55.5 Å². The minimum Gasteiger partial charge on any atom is -0.396 e. The Kier molecular flexibility index (Phi) is 4.40. The van der Waals surface area contributed by atoms with E-state index in [1.54, 1.807) is 0 Å². The summed E-state index contributed by atoms with van der Waals surface area (Å²) >= 11 is 0. The summed E-state index contributed by atoms with van der Waals surface area (Å²) in [5, 5.41) is 11.0. The normalized spacial score (nSPS) is 9.26. The number of hydrogen-bond donors (Lipinski definition) is 1. The molecule has 0 spiro atoms. The Hall–Kier alpha value is -2.96. The molecule has 0 bridgehead atoms. The summed E-state index contributed by atoms with van der Waals surface area (Å²) in [5.41, 5.74) is 7.86. The molecule has 2 aromatic heterocycles. The minimum absolute atomic E-state index is 0.543. The van der Waals surface area contributed by atoms with Gasteiger partial charge in [0.15, 0.2) is 0 Å². The average Bonchev–Trinajstić information content (AvgIpc) is 2.51. The van der Waals surface area contributed by atoms with Crippen molar-refractivity contribution >= 4 is 5.69 Å². The van der Waals surface area contributed by atoms with Crippen LogP contribution in [0.1, 0.15) is 0 Å². The van der Waals surface area contributed by atoms with Gasteiger partial charge in [0.2, 0.25) is 0 Å². The summed E-state index contributed by atoms with van der Waals surface area (Å²) in [6.07, 6.45) is 5.81. The van der Waals surface area contributed by atoms with Crippen molar-refractivity contribution in [1.82, 2.24) is 30.4 Å². The van der Waals surface area contributed by atoms with Crippen LogP contribution in [0.3, 0.4) is 0 Å². The van der Waals surface area contributed by atoms with Crippen molar-refractivity contribution in [2.45, 2.75) is 0 Å². The SMILES string of the molecule is Nc1cnnnc1-c1ccccc1.c1ncncn1. The minimum atomic E-state index is 0.543. The van der Waals surface area contributed by atoms with Gasteiger partial charge in [0.25, 0.3) is 0 Å². The second kappa shape index (κ2) is 6.70. The largest absolute Gasteiger partial charge is 0.396 e. The smallest absolute Gasteiger partial charge is 0.119 e. The van der Waals surface area contributed by atoms with Gasteiger partial charge in [-0.25, -0.2) is 15.0 Å². The number of anilines is 1. The molecule has 3 rings (SSSR count). The summed E-state index contributed by atoms with van der Waals surface area (Å²) < 4.78 is 0. The van der Waals surface area contributed by atoms with Gasteiger partial charge < -0.3 is 5.73 Å². The Morgan fingerprint density at radius 1 is 0.842 bits per heavy atom. The van der Waals surface area contributed by atoms with Crippen LogP contribution in [0.4, 0.5) is 5.69 Å². The molecule has 2 heterocycles. The Morgan fingerprint density at radius 3 is 2.00 bits per heavy atom. The van der Waals surface area contributed by atoms with Gasteiger partial charge in [-0.1, -0.05) is 30.3 Å². The Labute approximate surface area is 109 Å². The van der Waals surface area contributed by atoms with Gasteiger partial charge in [0, 0.05) is 5.56 Å². The van der Waals surface area contributed by atoms with Crippen LogP contribution in [-0.2, 0) is 0 Å². The van der Waals surface area contributed by atoms with E-state index < -0.39 is 0 Å². The van der Waals surface area contributed by atoms with Crippen LogP contribution in [0.25, 0.3) is 11.3 Å². The molecule has 0 fully saturated rings. The molecule has 2 N–H and O–H groups in total. The molecule has 0 aliphatic carbocycles. The molecule has 0 saturated heterocycles. The van der Waals surface area contributed by atoms with Crippen LogP contribution in [0.2, 0.25) is 0 Å². The second-order valence-electron chi connectivity index (χ2n) is 3.40. The summed E-state index contributed by atoms with van der Waals surface area (Å²) in [5.74, 6) is 0. The van der Waals surface area contributed by atoms with Gasteiger partial charge in [-0.05, 0) is 5.21 Å². The number of hydrogen-bond acceptors (Lipinski definition) is 7. The lowest BCUT2D eigenvalue weighted by Crippen LogP contribution is -1.97. The number of benzene rings is 1. The fourth-order valence-corrected chi connectivity index (χ4v) is 1.30. The first kappa shape index (κ1) is 12.5. The lowest BCUT2D eigenvalue weighted by Gasteiger charge is -2.00. The highest BCUT2D eigenvalue weighted by Crippen LogP contribution is 2.20. The zero-order valence-electron chi connectivity index (χ0n) is 9.96. The first-order valence-corrected chi connectivity index (χ1v) is 5.42. The topological polar surface area (TPSA) is 103 Å². The van der Waals surface area contributed by atoms with Crippen molar-refractivity contribution in [1.29, 1.82) is 0 Å². The van der Waals surface area contributed by atoms with Gasteiger partial charge in [-0.2, -0.15) is 0 Å². The molecular formula is C12H11N7. The molecule has 7 heteroatoms. The molecule has 0 unspecified atom stereocenters. The number of nitrogens with two attached hydrogens (primary N) is 1. The maximum Gasteiger partial charge on any atom is 0.119 e. The molecule has 3 aromatic rings. The van der Waals surface area contributed by atoms with Crippen molar-refractivity contribution in [3.05, 3.63) is 55.5 Å². The number of rotatable bonds is 1. The van der Waals surface area contributed by atoms with E-state index in [-0.39, 0.29) is 0 Å². The fourth-order valence-electron chi connectivity index (χ4n) is 1.30. The Morgan fingerprint density at radius 2 is 1.47 bits per heavy atom. The first-order valence-electron chi connectivity index (χ1n) is 5.42. The lowest BCUT2D eigenvalue weighted by molar-refractivity contribution is 0.874. The van der Waals surface area contributed by atoms with Crippen LogP contribution in [0, 0.1) is 0 Å². The lowest BCUT2D eigenvalue weighted by atomic mass is 10.1. The van der Waals surface area contributed by atoms with E-state index in [4.69, 9.17) is 5.73 Å². The van der Waals surface area contributed by atoms with Crippen molar-refractivity contribution < 1.29 is 0 Å². The molecule has 0 radical (unpaired) electrons. The molecule has 0 saturated carbocycles. The van der Waals surface area contributed by atoms with E-state index in [0.29, 0.717) is 11.4 Å². The van der Waals surface area contributed by atoms with E-state index in [2.05, 4.69) is 30.4 Å². The summed E-state index contributed by atoms with van der Waals surface area (Å²) in [6.45, 7) is 0. The van der Waals surface area contributed by atoms with Gasteiger partial charge in [-0.3, -0.25) is 0 Å². The second-order valence-corrected chi connectivity index (χ2v) is 3.40. The van der Waals surface area contributed by atoms with Crippen LogP contribution in [0.5, 0.6) is 0 Å². The molecule has 19 heavy (non-hydrogen) atoms. The Bertz CT molecular complexity index is 574. The quantitative estimate of drug-likeness (QED) is 0.689. The highest BCUT2D eigenvalue weighted by Gasteiger charge is 2.02. The summed E-state index contributed by atoms with van der Waals surface area (Å²) in [7, 11) is 0. The third kappa shape index (κ3) is 3.77.